The van der Waals surface area contributed by atoms with Crippen molar-refractivity contribution in [1.29, 1.82) is 0 Å². The summed E-state index contributed by atoms with van der Waals surface area (Å²) in [5.74, 6) is 0.378. The van der Waals surface area contributed by atoms with E-state index in [1.165, 1.54) is 5.56 Å². The van der Waals surface area contributed by atoms with Crippen molar-refractivity contribution in [3.63, 3.8) is 0 Å². The van der Waals surface area contributed by atoms with Crippen LogP contribution in [0, 0.1) is 5.92 Å². The molecule has 0 spiro atoms. The fourth-order valence-electron chi connectivity index (χ4n) is 3.58. The van der Waals surface area contributed by atoms with Gasteiger partial charge in [0, 0.05) is 18.8 Å². The van der Waals surface area contributed by atoms with E-state index in [4.69, 9.17) is 9.47 Å². The van der Waals surface area contributed by atoms with Crippen molar-refractivity contribution in [2.45, 2.75) is 26.2 Å². The molecule has 0 radical (unpaired) electrons. The molecule has 0 saturated carbocycles. The Bertz CT molecular complexity index is 864. The Morgan fingerprint density at radius 2 is 1.76 bits per heavy atom. The van der Waals surface area contributed by atoms with Crippen LogP contribution in [-0.4, -0.2) is 39.1 Å². The molecule has 154 valence electrons. The summed E-state index contributed by atoms with van der Waals surface area (Å²) >= 11 is 0. The smallest absolute Gasteiger partial charge is 0.239 e. The second kappa shape index (κ2) is 9.45. The number of amides is 2. The van der Waals surface area contributed by atoms with Crippen LogP contribution in [0.25, 0.3) is 0 Å². The van der Waals surface area contributed by atoms with Gasteiger partial charge in [-0.1, -0.05) is 25.1 Å². The van der Waals surface area contributed by atoms with Crippen molar-refractivity contribution in [3.8, 4) is 11.5 Å². The molecule has 1 heterocycles. The third-order valence-electron chi connectivity index (χ3n) is 5.34. The highest BCUT2D eigenvalue weighted by atomic mass is 16.5. The van der Waals surface area contributed by atoms with Gasteiger partial charge in [-0.2, -0.15) is 0 Å². The minimum atomic E-state index is -0.619. The van der Waals surface area contributed by atoms with E-state index in [-0.39, 0.29) is 11.8 Å². The average molecular weight is 396 g/mol. The quantitative estimate of drug-likeness (QED) is 0.697. The van der Waals surface area contributed by atoms with Crippen LogP contribution in [0.3, 0.4) is 0 Å². The third-order valence-corrected chi connectivity index (χ3v) is 5.34. The van der Waals surface area contributed by atoms with Crippen LogP contribution in [0.1, 0.15) is 24.5 Å². The molecule has 1 N–H and O–H groups in total. The number of benzene rings is 2. The minimum Gasteiger partial charge on any atom is -0.493 e. The van der Waals surface area contributed by atoms with Gasteiger partial charge in [-0.3, -0.25) is 9.59 Å². The number of carbonyl (C=O) groups excluding carboxylic acids is 2. The Kier molecular flexibility index (Phi) is 6.75. The largest absolute Gasteiger partial charge is 0.493 e. The molecule has 1 aliphatic heterocycles. The molecule has 2 amide bonds. The standard InChI is InChI=1S/C23H28N2O4/c1-4-16-5-8-18(9-6-16)25-14-12-19(23(25)27)22(26)24-13-11-17-7-10-20(28-2)21(15-17)29-3/h5-10,15,19H,4,11-14H2,1-3H3,(H,24,26)/t19-/m1/s1. The van der Waals surface area contributed by atoms with Crippen LogP contribution in [-0.2, 0) is 22.4 Å². The molecule has 0 unspecified atom stereocenters. The summed E-state index contributed by atoms with van der Waals surface area (Å²) in [6.07, 6.45) is 2.14. The Labute approximate surface area is 171 Å². The fourth-order valence-corrected chi connectivity index (χ4v) is 3.58. The van der Waals surface area contributed by atoms with Gasteiger partial charge in [0.25, 0.3) is 0 Å². The summed E-state index contributed by atoms with van der Waals surface area (Å²) in [5, 5.41) is 2.90. The highest BCUT2D eigenvalue weighted by molar-refractivity contribution is 6.09. The van der Waals surface area contributed by atoms with Crippen molar-refractivity contribution < 1.29 is 19.1 Å². The van der Waals surface area contributed by atoms with E-state index < -0.39 is 5.92 Å². The number of hydrogen-bond donors (Lipinski definition) is 1. The lowest BCUT2D eigenvalue weighted by atomic mass is 10.1. The van der Waals surface area contributed by atoms with E-state index in [2.05, 4.69) is 12.2 Å². The zero-order valence-corrected chi connectivity index (χ0v) is 17.2. The number of nitrogens with one attached hydrogen (secondary N) is 1. The topological polar surface area (TPSA) is 67.9 Å². The van der Waals surface area contributed by atoms with Crippen molar-refractivity contribution in [2.24, 2.45) is 5.92 Å². The summed E-state index contributed by atoms with van der Waals surface area (Å²) in [6, 6.07) is 13.6. The molecule has 3 rings (SSSR count). The van der Waals surface area contributed by atoms with Gasteiger partial charge in [0.05, 0.1) is 14.2 Å². The van der Waals surface area contributed by atoms with Crippen LogP contribution >= 0.6 is 0 Å². The van der Waals surface area contributed by atoms with E-state index in [0.29, 0.717) is 37.4 Å². The van der Waals surface area contributed by atoms with E-state index in [1.807, 2.05) is 42.5 Å². The summed E-state index contributed by atoms with van der Waals surface area (Å²) < 4.78 is 10.5. The maximum Gasteiger partial charge on any atom is 0.239 e. The molecule has 29 heavy (non-hydrogen) atoms. The Balaban J connectivity index is 1.54. The third kappa shape index (κ3) is 4.70. The Hall–Kier alpha value is -3.02. The maximum absolute atomic E-state index is 12.7. The van der Waals surface area contributed by atoms with Crippen LogP contribution in [0.5, 0.6) is 11.5 Å². The Morgan fingerprint density at radius 1 is 1.07 bits per heavy atom. The lowest BCUT2D eigenvalue weighted by molar-refractivity contribution is -0.132. The number of anilines is 1. The predicted molar refractivity (Wildman–Crippen MR) is 113 cm³/mol. The SMILES string of the molecule is CCc1ccc(N2CC[C@H](C(=O)NCCc3ccc(OC)c(OC)c3)C2=O)cc1. The van der Waals surface area contributed by atoms with Gasteiger partial charge >= 0.3 is 0 Å². The molecule has 6 heteroatoms. The second-order valence-electron chi connectivity index (χ2n) is 7.08. The van der Waals surface area contributed by atoms with Gasteiger partial charge in [0.15, 0.2) is 11.5 Å². The summed E-state index contributed by atoms with van der Waals surface area (Å²) in [6.45, 7) is 3.12. The highest BCUT2D eigenvalue weighted by Crippen LogP contribution is 2.28. The first kappa shape index (κ1) is 20.7. The highest BCUT2D eigenvalue weighted by Gasteiger charge is 2.37. The maximum atomic E-state index is 12.7. The summed E-state index contributed by atoms with van der Waals surface area (Å²) in [7, 11) is 3.19. The summed E-state index contributed by atoms with van der Waals surface area (Å²) in [4.78, 5) is 27.0. The molecule has 6 nitrogen and oxygen atoms in total. The Morgan fingerprint density at radius 3 is 2.41 bits per heavy atom. The average Bonchev–Trinajstić information content (AvgIpc) is 3.14. The molecule has 0 aromatic heterocycles. The van der Waals surface area contributed by atoms with Crippen LogP contribution in [0.4, 0.5) is 5.69 Å². The number of aryl methyl sites for hydroxylation is 1. The van der Waals surface area contributed by atoms with Crippen LogP contribution in [0.15, 0.2) is 42.5 Å². The van der Waals surface area contributed by atoms with Gasteiger partial charge in [0.1, 0.15) is 5.92 Å². The molecule has 2 aromatic carbocycles. The number of ether oxygens (including phenoxy) is 2. The zero-order chi connectivity index (χ0) is 20.8. The van der Waals surface area contributed by atoms with Crippen molar-refractivity contribution in [3.05, 3.63) is 53.6 Å². The lowest BCUT2D eigenvalue weighted by Crippen LogP contribution is -2.37. The minimum absolute atomic E-state index is 0.127. The summed E-state index contributed by atoms with van der Waals surface area (Å²) in [5.41, 5.74) is 3.11. The molecule has 0 bridgehead atoms. The number of carbonyl (C=O) groups is 2. The van der Waals surface area contributed by atoms with Crippen molar-refractivity contribution in [2.75, 3.05) is 32.2 Å². The number of hydrogen-bond acceptors (Lipinski definition) is 4. The van der Waals surface area contributed by atoms with E-state index >= 15 is 0 Å². The molecule has 1 atom stereocenters. The van der Waals surface area contributed by atoms with E-state index in [0.717, 1.165) is 17.7 Å². The van der Waals surface area contributed by atoms with Crippen molar-refractivity contribution in [1.82, 2.24) is 5.32 Å². The van der Waals surface area contributed by atoms with Gasteiger partial charge < -0.3 is 19.7 Å². The van der Waals surface area contributed by atoms with Gasteiger partial charge in [-0.05, 0) is 54.7 Å². The first-order valence-electron chi connectivity index (χ1n) is 9.96. The number of nitrogens with zero attached hydrogens (tertiary/aromatic N) is 1. The van der Waals surface area contributed by atoms with Gasteiger partial charge in [-0.25, -0.2) is 0 Å². The van der Waals surface area contributed by atoms with Crippen LogP contribution in [0.2, 0.25) is 0 Å². The molecule has 1 fully saturated rings. The van der Waals surface area contributed by atoms with Gasteiger partial charge in [0.2, 0.25) is 11.8 Å². The molecule has 0 aliphatic carbocycles. The molecule has 1 aliphatic rings. The van der Waals surface area contributed by atoms with Crippen LogP contribution < -0.4 is 19.7 Å². The molecular weight excluding hydrogens is 368 g/mol. The fraction of sp³-hybridized carbons (Fsp3) is 0.391. The molecular formula is C23H28N2O4. The first-order chi connectivity index (χ1) is 14.1. The predicted octanol–water partition coefficient (Wildman–Crippen LogP) is 2.98. The molecule has 2 aromatic rings. The number of rotatable bonds is 8. The molecule has 1 saturated heterocycles. The van der Waals surface area contributed by atoms with E-state index in [9.17, 15) is 9.59 Å². The van der Waals surface area contributed by atoms with Gasteiger partial charge in [-0.15, -0.1) is 0 Å². The monoisotopic (exact) mass is 396 g/mol. The first-order valence-corrected chi connectivity index (χ1v) is 9.96. The van der Waals surface area contributed by atoms with E-state index in [1.54, 1.807) is 19.1 Å². The van der Waals surface area contributed by atoms with Crippen molar-refractivity contribution >= 4 is 17.5 Å². The zero-order valence-electron chi connectivity index (χ0n) is 17.2. The normalized spacial score (nSPS) is 16.0. The second-order valence-corrected chi connectivity index (χ2v) is 7.08. The lowest BCUT2D eigenvalue weighted by Gasteiger charge is -2.17. The number of methoxy groups -OCH3 is 2.